The number of rotatable bonds is 4. The minimum absolute atomic E-state index is 0.309. The van der Waals surface area contributed by atoms with Gasteiger partial charge in [-0.3, -0.25) is 0 Å². The zero-order valence-electron chi connectivity index (χ0n) is 8.12. The molecule has 0 aromatic rings. The highest BCUT2D eigenvalue weighted by atomic mass is 16.5. The lowest BCUT2D eigenvalue weighted by Gasteiger charge is -2.15. The summed E-state index contributed by atoms with van der Waals surface area (Å²) in [5.41, 5.74) is 0. The van der Waals surface area contributed by atoms with Crippen molar-refractivity contribution in [2.75, 3.05) is 6.61 Å². The quantitative estimate of drug-likeness (QED) is 0.702. The minimum atomic E-state index is 0.309. The molecule has 0 spiro atoms. The third kappa shape index (κ3) is 3.11. The number of aliphatic hydroxyl groups is 1. The number of ether oxygens (including phenoxy) is 1. The van der Waals surface area contributed by atoms with Crippen LogP contribution in [0, 0.1) is 5.92 Å². The van der Waals surface area contributed by atoms with Crippen molar-refractivity contribution < 1.29 is 9.84 Å². The Morgan fingerprint density at radius 2 is 2.25 bits per heavy atom. The molecule has 1 aliphatic heterocycles. The fraction of sp³-hybridized carbons (Fsp3) is 1.00. The highest BCUT2D eigenvalue weighted by molar-refractivity contribution is 4.72. The van der Waals surface area contributed by atoms with Crippen molar-refractivity contribution in [1.82, 2.24) is 0 Å². The van der Waals surface area contributed by atoms with Crippen LogP contribution < -0.4 is 0 Å². The first-order valence-electron chi connectivity index (χ1n) is 4.98. The predicted octanol–water partition coefficient (Wildman–Crippen LogP) is 1.96. The SMILES string of the molecule is CC(CCO)CC1CCC(C)O1. The lowest BCUT2D eigenvalue weighted by atomic mass is 9.99. The fourth-order valence-electron chi connectivity index (χ4n) is 1.85. The van der Waals surface area contributed by atoms with Gasteiger partial charge in [0.2, 0.25) is 0 Å². The highest BCUT2D eigenvalue weighted by Crippen LogP contribution is 2.25. The molecule has 12 heavy (non-hydrogen) atoms. The van der Waals surface area contributed by atoms with Crippen LogP contribution in [0.5, 0.6) is 0 Å². The van der Waals surface area contributed by atoms with Gasteiger partial charge in [-0.05, 0) is 38.5 Å². The number of hydrogen-bond acceptors (Lipinski definition) is 2. The topological polar surface area (TPSA) is 29.5 Å². The van der Waals surface area contributed by atoms with Crippen molar-refractivity contribution in [3.63, 3.8) is 0 Å². The van der Waals surface area contributed by atoms with Crippen LogP contribution in [0.3, 0.4) is 0 Å². The molecule has 0 radical (unpaired) electrons. The van der Waals surface area contributed by atoms with Gasteiger partial charge in [-0.2, -0.15) is 0 Å². The number of hydrogen-bond donors (Lipinski definition) is 1. The molecule has 3 unspecified atom stereocenters. The maximum atomic E-state index is 8.72. The van der Waals surface area contributed by atoms with Crippen LogP contribution in [-0.2, 0) is 4.74 Å². The summed E-state index contributed by atoms with van der Waals surface area (Å²) in [7, 11) is 0. The normalized spacial score (nSPS) is 32.2. The van der Waals surface area contributed by atoms with Gasteiger partial charge in [0, 0.05) is 6.61 Å². The molecular weight excluding hydrogens is 152 g/mol. The molecule has 2 nitrogen and oxygen atoms in total. The van der Waals surface area contributed by atoms with E-state index in [0.29, 0.717) is 24.7 Å². The van der Waals surface area contributed by atoms with Gasteiger partial charge in [-0.15, -0.1) is 0 Å². The maximum absolute atomic E-state index is 8.72. The third-order valence-corrected chi connectivity index (χ3v) is 2.61. The molecule has 1 fully saturated rings. The molecule has 0 bridgehead atoms. The predicted molar refractivity (Wildman–Crippen MR) is 49.1 cm³/mol. The van der Waals surface area contributed by atoms with Gasteiger partial charge in [0.15, 0.2) is 0 Å². The zero-order chi connectivity index (χ0) is 8.97. The van der Waals surface area contributed by atoms with Gasteiger partial charge in [-0.25, -0.2) is 0 Å². The van der Waals surface area contributed by atoms with Crippen LogP contribution in [0.2, 0.25) is 0 Å². The van der Waals surface area contributed by atoms with Gasteiger partial charge >= 0.3 is 0 Å². The Balaban J connectivity index is 2.14. The van der Waals surface area contributed by atoms with E-state index in [1.807, 2.05) is 0 Å². The van der Waals surface area contributed by atoms with Gasteiger partial charge in [0.1, 0.15) is 0 Å². The number of aliphatic hydroxyl groups excluding tert-OH is 1. The van der Waals surface area contributed by atoms with E-state index < -0.39 is 0 Å². The standard InChI is InChI=1S/C10H20O2/c1-8(5-6-11)7-10-4-3-9(2)12-10/h8-11H,3-7H2,1-2H3. The lowest BCUT2D eigenvalue weighted by Crippen LogP contribution is -2.13. The largest absolute Gasteiger partial charge is 0.396 e. The molecule has 1 heterocycles. The second kappa shape index (κ2) is 4.83. The molecule has 0 saturated carbocycles. The first-order chi connectivity index (χ1) is 5.72. The Kier molecular flexibility index (Phi) is 4.02. The average molecular weight is 172 g/mol. The van der Waals surface area contributed by atoms with Crippen molar-refractivity contribution in [3.8, 4) is 0 Å². The summed E-state index contributed by atoms with van der Waals surface area (Å²) in [5.74, 6) is 0.602. The first kappa shape index (κ1) is 10.0. The molecule has 1 rings (SSSR count). The molecule has 2 heteroatoms. The second-order valence-corrected chi connectivity index (χ2v) is 4.00. The molecular formula is C10H20O2. The van der Waals surface area contributed by atoms with Crippen LogP contribution >= 0.6 is 0 Å². The minimum Gasteiger partial charge on any atom is -0.396 e. The highest BCUT2D eigenvalue weighted by Gasteiger charge is 2.22. The molecule has 72 valence electrons. The molecule has 0 amide bonds. The summed E-state index contributed by atoms with van der Waals surface area (Å²) in [4.78, 5) is 0. The van der Waals surface area contributed by atoms with Crippen molar-refractivity contribution in [1.29, 1.82) is 0 Å². The third-order valence-electron chi connectivity index (χ3n) is 2.61. The molecule has 1 saturated heterocycles. The van der Waals surface area contributed by atoms with E-state index >= 15 is 0 Å². The summed E-state index contributed by atoms with van der Waals surface area (Å²) in [5, 5.41) is 8.72. The van der Waals surface area contributed by atoms with E-state index in [0.717, 1.165) is 12.8 Å². The van der Waals surface area contributed by atoms with Crippen molar-refractivity contribution in [2.45, 2.75) is 51.7 Å². The Labute approximate surface area is 74.9 Å². The van der Waals surface area contributed by atoms with E-state index in [2.05, 4.69) is 13.8 Å². The Bertz CT molecular complexity index is 125. The van der Waals surface area contributed by atoms with Crippen LogP contribution in [0.25, 0.3) is 0 Å². The monoisotopic (exact) mass is 172 g/mol. The molecule has 0 aromatic heterocycles. The van der Waals surface area contributed by atoms with E-state index in [9.17, 15) is 0 Å². The summed E-state index contributed by atoms with van der Waals surface area (Å²) < 4.78 is 5.70. The van der Waals surface area contributed by atoms with Gasteiger partial charge in [-0.1, -0.05) is 6.92 Å². The molecule has 1 aliphatic rings. The van der Waals surface area contributed by atoms with E-state index in [4.69, 9.17) is 9.84 Å². The summed E-state index contributed by atoms with van der Waals surface area (Å²) >= 11 is 0. The van der Waals surface area contributed by atoms with Crippen LogP contribution in [0.1, 0.15) is 39.5 Å². The van der Waals surface area contributed by atoms with Gasteiger partial charge in [0.05, 0.1) is 12.2 Å². The van der Waals surface area contributed by atoms with E-state index in [1.54, 1.807) is 0 Å². The van der Waals surface area contributed by atoms with Crippen LogP contribution in [0.15, 0.2) is 0 Å². The van der Waals surface area contributed by atoms with Crippen molar-refractivity contribution in [2.24, 2.45) is 5.92 Å². The molecule has 3 atom stereocenters. The van der Waals surface area contributed by atoms with Crippen LogP contribution in [0.4, 0.5) is 0 Å². The summed E-state index contributed by atoms with van der Waals surface area (Å²) in [6.07, 6.45) is 5.35. The molecule has 1 N–H and O–H groups in total. The van der Waals surface area contributed by atoms with E-state index in [-0.39, 0.29) is 0 Å². The van der Waals surface area contributed by atoms with Gasteiger partial charge < -0.3 is 9.84 Å². The fourth-order valence-corrected chi connectivity index (χ4v) is 1.85. The molecule has 0 aromatic carbocycles. The Morgan fingerprint density at radius 1 is 1.50 bits per heavy atom. The maximum Gasteiger partial charge on any atom is 0.0582 e. The lowest BCUT2D eigenvalue weighted by molar-refractivity contribution is 0.0401. The molecule has 0 aliphatic carbocycles. The summed E-state index contributed by atoms with van der Waals surface area (Å²) in [6.45, 7) is 4.63. The average Bonchev–Trinajstić information content (AvgIpc) is 2.36. The second-order valence-electron chi connectivity index (χ2n) is 4.00. The van der Waals surface area contributed by atoms with E-state index in [1.165, 1.54) is 12.8 Å². The Morgan fingerprint density at radius 3 is 2.75 bits per heavy atom. The Hall–Kier alpha value is -0.0800. The summed E-state index contributed by atoms with van der Waals surface area (Å²) in [6, 6.07) is 0. The van der Waals surface area contributed by atoms with Gasteiger partial charge in [0.25, 0.3) is 0 Å². The smallest absolute Gasteiger partial charge is 0.0582 e. The van der Waals surface area contributed by atoms with Crippen molar-refractivity contribution >= 4 is 0 Å². The van der Waals surface area contributed by atoms with Crippen LogP contribution in [-0.4, -0.2) is 23.9 Å². The first-order valence-corrected chi connectivity index (χ1v) is 4.98. The van der Waals surface area contributed by atoms with Crippen molar-refractivity contribution in [3.05, 3.63) is 0 Å². The zero-order valence-corrected chi connectivity index (χ0v) is 8.12.